The van der Waals surface area contributed by atoms with E-state index < -0.39 is 0 Å². The summed E-state index contributed by atoms with van der Waals surface area (Å²) in [7, 11) is 0. The molecule has 0 aliphatic heterocycles. The number of halogens is 1. The summed E-state index contributed by atoms with van der Waals surface area (Å²) in [5, 5.41) is 6.42. The van der Waals surface area contributed by atoms with Crippen molar-refractivity contribution in [3.63, 3.8) is 0 Å². The van der Waals surface area contributed by atoms with Crippen molar-refractivity contribution in [2.75, 3.05) is 5.32 Å². The molecule has 0 unspecified atom stereocenters. The molecule has 0 aromatic heterocycles. The highest BCUT2D eigenvalue weighted by Gasteiger charge is 2.18. The molecule has 0 bridgehead atoms. The monoisotopic (exact) mass is 370 g/mol. The molecule has 1 fully saturated rings. The minimum Gasteiger partial charge on any atom is -0.349 e. The van der Waals surface area contributed by atoms with E-state index in [1.165, 1.54) is 12.8 Å². The van der Waals surface area contributed by atoms with Gasteiger partial charge < -0.3 is 10.6 Å². The standard InChI is InChI=1S/C21H23ClN2O2/c1-13-11-14(2)19(18(22)12-13)24-21(26)16-9-7-15(8-10-16)20(25)23-17-5-3-4-6-17/h7-12,17H,3-6H2,1-2H3,(H,23,25)(H,24,26). The predicted octanol–water partition coefficient (Wildman–Crippen LogP) is 4.88. The lowest BCUT2D eigenvalue weighted by atomic mass is 10.1. The maximum atomic E-state index is 12.5. The fourth-order valence-electron chi connectivity index (χ4n) is 3.37. The third-order valence-electron chi connectivity index (χ3n) is 4.77. The van der Waals surface area contributed by atoms with E-state index >= 15 is 0 Å². The molecular formula is C21H23ClN2O2. The minimum absolute atomic E-state index is 0.0821. The number of hydrogen-bond donors (Lipinski definition) is 2. The molecule has 0 spiro atoms. The fourth-order valence-corrected chi connectivity index (χ4v) is 3.74. The van der Waals surface area contributed by atoms with Crippen LogP contribution in [0.25, 0.3) is 0 Å². The van der Waals surface area contributed by atoms with Crippen LogP contribution in [-0.2, 0) is 0 Å². The van der Waals surface area contributed by atoms with Gasteiger partial charge in [-0.2, -0.15) is 0 Å². The number of aryl methyl sites for hydroxylation is 2. The van der Waals surface area contributed by atoms with Crippen molar-refractivity contribution in [3.8, 4) is 0 Å². The summed E-state index contributed by atoms with van der Waals surface area (Å²) in [4.78, 5) is 24.8. The zero-order valence-electron chi connectivity index (χ0n) is 15.1. The minimum atomic E-state index is -0.249. The Morgan fingerprint density at radius 3 is 2.12 bits per heavy atom. The molecule has 4 nitrogen and oxygen atoms in total. The molecule has 2 aromatic carbocycles. The maximum absolute atomic E-state index is 12.5. The summed E-state index contributed by atoms with van der Waals surface area (Å²) < 4.78 is 0. The number of amides is 2. The molecule has 5 heteroatoms. The van der Waals surface area contributed by atoms with E-state index in [0.29, 0.717) is 21.8 Å². The second-order valence-electron chi connectivity index (χ2n) is 6.92. The number of rotatable bonds is 4. The van der Waals surface area contributed by atoms with Gasteiger partial charge >= 0.3 is 0 Å². The average molecular weight is 371 g/mol. The summed E-state index contributed by atoms with van der Waals surface area (Å²) >= 11 is 6.25. The summed E-state index contributed by atoms with van der Waals surface area (Å²) in [6.07, 6.45) is 4.43. The Morgan fingerprint density at radius 2 is 1.54 bits per heavy atom. The van der Waals surface area contributed by atoms with Gasteiger partial charge in [0.15, 0.2) is 0 Å². The molecule has 136 valence electrons. The van der Waals surface area contributed by atoms with Crippen LogP contribution in [0.15, 0.2) is 36.4 Å². The molecule has 26 heavy (non-hydrogen) atoms. The first-order valence-corrected chi connectivity index (χ1v) is 9.31. The van der Waals surface area contributed by atoms with Crippen LogP contribution in [0.3, 0.4) is 0 Å². The van der Waals surface area contributed by atoms with E-state index in [4.69, 9.17) is 11.6 Å². The molecule has 0 atom stereocenters. The molecule has 1 aliphatic carbocycles. The molecule has 0 heterocycles. The van der Waals surface area contributed by atoms with Crippen LogP contribution < -0.4 is 10.6 Å². The van der Waals surface area contributed by atoms with Gasteiger partial charge in [0.1, 0.15) is 0 Å². The highest BCUT2D eigenvalue weighted by Crippen LogP contribution is 2.27. The lowest BCUT2D eigenvalue weighted by molar-refractivity contribution is 0.0936. The van der Waals surface area contributed by atoms with E-state index in [0.717, 1.165) is 24.0 Å². The lowest BCUT2D eigenvalue weighted by Crippen LogP contribution is -2.32. The smallest absolute Gasteiger partial charge is 0.255 e. The number of nitrogens with one attached hydrogen (secondary N) is 2. The van der Waals surface area contributed by atoms with Crippen LogP contribution in [-0.4, -0.2) is 17.9 Å². The number of benzene rings is 2. The van der Waals surface area contributed by atoms with Gasteiger partial charge in [0.2, 0.25) is 0 Å². The Hall–Kier alpha value is -2.33. The van der Waals surface area contributed by atoms with Crippen molar-refractivity contribution in [2.45, 2.75) is 45.6 Å². The summed E-state index contributed by atoms with van der Waals surface area (Å²) in [6.45, 7) is 3.87. The van der Waals surface area contributed by atoms with Crippen molar-refractivity contribution >= 4 is 29.1 Å². The number of anilines is 1. The van der Waals surface area contributed by atoms with E-state index in [9.17, 15) is 9.59 Å². The van der Waals surface area contributed by atoms with E-state index in [-0.39, 0.29) is 17.9 Å². The first-order chi connectivity index (χ1) is 12.4. The molecular weight excluding hydrogens is 348 g/mol. The van der Waals surface area contributed by atoms with Gasteiger partial charge in [0, 0.05) is 17.2 Å². The average Bonchev–Trinajstić information content (AvgIpc) is 3.11. The third-order valence-corrected chi connectivity index (χ3v) is 5.07. The second kappa shape index (κ2) is 7.92. The highest BCUT2D eigenvalue weighted by atomic mass is 35.5. The molecule has 0 saturated heterocycles. The van der Waals surface area contributed by atoms with E-state index in [2.05, 4.69) is 10.6 Å². The zero-order chi connectivity index (χ0) is 18.7. The van der Waals surface area contributed by atoms with Gasteiger partial charge in [-0.1, -0.05) is 30.5 Å². The van der Waals surface area contributed by atoms with Crippen molar-refractivity contribution in [1.29, 1.82) is 0 Å². The van der Waals surface area contributed by atoms with Crippen molar-refractivity contribution in [2.24, 2.45) is 0 Å². The Balaban J connectivity index is 1.68. The third kappa shape index (κ3) is 4.25. The maximum Gasteiger partial charge on any atom is 0.255 e. The lowest BCUT2D eigenvalue weighted by Gasteiger charge is -2.13. The first kappa shape index (κ1) is 18.5. The Labute approximate surface area is 158 Å². The van der Waals surface area contributed by atoms with E-state index in [1.54, 1.807) is 24.3 Å². The Bertz CT molecular complexity index is 801. The van der Waals surface area contributed by atoms with Crippen LogP contribution >= 0.6 is 11.6 Å². The van der Waals surface area contributed by atoms with Crippen molar-refractivity contribution < 1.29 is 9.59 Å². The number of hydrogen-bond acceptors (Lipinski definition) is 2. The molecule has 1 saturated carbocycles. The number of carbonyl (C=O) groups is 2. The first-order valence-electron chi connectivity index (χ1n) is 8.93. The van der Waals surface area contributed by atoms with Crippen molar-refractivity contribution in [3.05, 3.63) is 63.7 Å². The van der Waals surface area contributed by atoms with Crippen LogP contribution in [0, 0.1) is 13.8 Å². The van der Waals surface area contributed by atoms with Gasteiger partial charge in [-0.15, -0.1) is 0 Å². The molecule has 3 rings (SSSR count). The quantitative estimate of drug-likeness (QED) is 0.805. The Morgan fingerprint density at radius 1 is 0.962 bits per heavy atom. The van der Waals surface area contributed by atoms with Crippen LogP contribution in [0.4, 0.5) is 5.69 Å². The Kier molecular flexibility index (Phi) is 5.62. The normalized spacial score (nSPS) is 14.3. The SMILES string of the molecule is Cc1cc(C)c(NC(=O)c2ccc(C(=O)NC3CCCC3)cc2)c(Cl)c1. The van der Waals surface area contributed by atoms with Gasteiger partial charge in [0.25, 0.3) is 11.8 Å². The molecule has 1 aliphatic rings. The van der Waals surface area contributed by atoms with Gasteiger partial charge in [-0.3, -0.25) is 9.59 Å². The summed E-state index contributed by atoms with van der Waals surface area (Å²) in [5.74, 6) is -0.331. The van der Waals surface area contributed by atoms with Crippen molar-refractivity contribution in [1.82, 2.24) is 5.32 Å². The predicted molar refractivity (Wildman–Crippen MR) is 105 cm³/mol. The molecule has 2 aromatic rings. The molecule has 0 radical (unpaired) electrons. The highest BCUT2D eigenvalue weighted by molar-refractivity contribution is 6.34. The summed E-state index contributed by atoms with van der Waals surface area (Å²) in [5.41, 5.74) is 3.63. The van der Waals surface area contributed by atoms with Gasteiger partial charge in [-0.05, 0) is 68.1 Å². The largest absolute Gasteiger partial charge is 0.349 e. The summed E-state index contributed by atoms with van der Waals surface area (Å²) in [6, 6.07) is 10.8. The molecule has 2 amide bonds. The van der Waals surface area contributed by atoms with Gasteiger partial charge in [0.05, 0.1) is 10.7 Å². The van der Waals surface area contributed by atoms with Crippen LogP contribution in [0.2, 0.25) is 5.02 Å². The number of carbonyl (C=O) groups excluding carboxylic acids is 2. The van der Waals surface area contributed by atoms with Crippen LogP contribution in [0.1, 0.15) is 57.5 Å². The fraction of sp³-hybridized carbons (Fsp3) is 0.333. The van der Waals surface area contributed by atoms with E-state index in [1.807, 2.05) is 26.0 Å². The zero-order valence-corrected chi connectivity index (χ0v) is 15.8. The molecule has 2 N–H and O–H groups in total. The van der Waals surface area contributed by atoms with Crippen LogP contribution in [0.5, 0.6) is 0 Å². The topological polar surface area (TPSA) is 58.2 Å². The second-order valence-corrected chi connectivity index (χ2v) is 7.33. The van der Waals surface area contributed by atoms with Gasteiger partial charge in [-0.25, -0.2) is 0 Å².